The second-order valence-electron chi connectivity index (χ2n) is 6.59. The van der Waals surface area contributed by atoms with Gasteiger partial charge in [-0.25, -0.2) is 4.79 Å². The van der Waals surface area contributed by atoms with Gasteiger partial charge in [0, 0.05) is 30.2 Å². The van der Waals surface area contributed by atoms with Gasteiger partial charge in [0.1, 0.15) is 11.6 Å². The summed E-state index contributed by atoms with van der Waals surface area (Å²) in [6.45, 7) is 5.28. The van der Waals surface area contributed by atoms with E-state index in [1.165, 1.54) is 0 Å². The first-order valence-electron chi connectivity index (χ1n) is 8.37. The van der Waals surface area contributed by atoms with Gasteiger partial charge in [-0.15, -0.1) is 0 Å². The normalized spacial score (nSPS) is 18.5. The van der Waals surface area contributed by atoms with Crippen molar-refractivity contribution in [3.8, 4) is 0 Å². The highest BCUT2D eigenvalue weighted by atomic mass is 16.3. The van der Waals surface area contributed by atoms with Crippen LogP contribution < -0.4 is 10.6 Å². The lowest BCUT2D eigenvalue weighted by Gasteiger charge is -2.29. The summed E-state index contributed by atoms with van der Waals surface area (Å²) in [5.74, 6) is 0.256. The number of nitrogens with zero attached hydrogens (tertiary/aromatic N) is 1. The molecule has 1 fully saturated rings. The number of nitrogens with one attached hydrogen (secondary N) is 2. The molecule has 1 saturated heterocycles. The summed E-state index contributed by atoms with van der Waals surface area (Å²) in [6, 6.07) is 6.73. The van der Waals surface area contributed by atoms with Gasteiger partial charge in [0.2, 0.25) is 5.91 Å². The zero-order valence-electron chi connectivity index (χ0n) is 14.0. The van der Waals surface area contributed by atoms with Gasteiger partial charge in [0.15, 0.2) is 0 Å². The number of amides is 3. The molecule has 1 aliphatic rings. The Labute approximate surface area is 141 Å². The number of benzene rings is 1. The highest BCUT2D eigenvalue weighted by molar-refractivity contribution is 5.95. The molecule has 0 saturated carbocycles. The predicted octanol–water partition coefficient (Wildman–Crippen LogP) is 3.20. The highest BCUT2D eigenvalue weighted by Crippen LogP contribution is 2.21. The van der Waals surface area contributed by atoms with Gasteiger partial charge in [0.05, 0.1) is 6.26 Å². The van der Waals surface area contributed by atoms with E-state index < -0.39 is 6.04 Å². The molecule has 1 aromatic carbocycles. The van der Waals surface area contributed by atoms with E-state index >= 15 is 0 Å². The second kappa shape index (κ2) is 6.95. The Balaban J connectivity index is 1.78. The number of furan rings is 1. The minimum Gasteiger partial charge on any atom is -0.464 e. The van der Waals surface area contributed by atoms with Crippen LogP contribution in [0.5, 0.6) is 0 Å². The second-order valence-corrected chi connectivity index (χ2v) is 6.59. The average molecular weight is 329 g/mol. The SMILES string of the molecule is CC(C)C[C@@H]1C(=O)NCCCN1C(=O)Nc1ccc2ccoc2c1. The van der Waals surface area contributed by atoms with Crippen LogP contribution in [0.25, 0.3) is 11.0 Å². The van der Waals surface area contributed by atoms with E-state index in [0.717, 1.165) is 17.4 Å². The highest BCUT2D eigenvalue weighted by Gasteiger charge is 2.32. The number of urea groups is 1. The number of anilines is 1. The van der Waals surface area contributed by atoms with E-state index in [1.807, 2.05) is 18.2 Å². The molecule has 24 heavy (non-hydrogen) atoms. The molecular formula is C18H23N3O3. The van der Waals surface area contributed by atoms with Crippen LogP contribution in [0.1, 0.15) is 26.7 Å². The summed E-state index contributed by atoms with van der Waals surface area (Å²) in [5, 5.41) is 6.77. The fourth-order valence-corrected chi connectivity index (χ4v) is 3.03. The lowest BCUT2D eigenvalue weighted by molar-refractivity contribution is -0.125. The fraction of sp³-hybridized carbons (Fsp3) is 0.444. The van der Waals surface area contributed by atoms with Crippen molar-refractivity contribution in [2.45, 2.75) is 32.7 Å². The molecule has 6 nitrogen and oxygen atoms in total. The maximum absolute atomic E-state index is 12.7. The third kappa shape index (κ3) is 3.53. The number of hydrogen-bond acceptors (Lipinski definition) is 3. The van der Waals surface area contributed by atoms with Crippen LogP contribution >= 0.6 is 0 Å². The first-order valence-corrected chi connectivity index (χ1v) is 8.37. The molecule has 2 heterocycles. The van der Waals surface area contributed by atoms with Crippen molar-refractivity contribution < 1.29 is 14.0 Å². The maximum Gasteiger partial charge on any atom is 0.322 e. The van der Waals surface area contributed by atoms with Gasteiger partial charge in [-0.05, 0) is 37.0 Å². The van der Waals surface area contributed by atoms with Crippen LogP contribution in [-0.2, 0) is 4.79 Å². The molecule has 6 heteroatoms. The average Bonchev–Trinajstić information content (AvgIpc) is 2.92. The lowest BCUT2D eigenvalue weighted by Crippen LogP contribution is -2.49. The third-order valence-electron chi connectivity index (χ3n) is 4.22. The van der Waals surface area contributed by atoms with Crippen molar-refractivity contribution in [3.63, 3.8) is 0 Å². The Hall–Kier alpha value is -2.50. The monoisotopic (exact) mass is 329 g/mol. The Morgan fingerprint density at radius 2 is 2.25 bits per heavy atom. The quantitative estimate of drug-likeness (QED) is 0.908. The number of hydrogen-bond donors (Lipinski definition) is 2. The topological polar surface area (TPSA) is 74.6 Å². The van der Waals surface area contributed by atoms with Crippen molar-refractivity contribution >= 4 is 28.6 Å². The molecule has 0 bridgehead atoms. The zero-order valence-corrected chi connectivity index (χ0v) is 14.0. The summed E-state index contributed by atoms with van der Waals surface area (Å²) in [6.07, 6.45) is 3.02. The molecule has 2 N–H and O–H groups in total. The van der Waals surface area contributed by atoms with Crippen molar-refractivity contribution in [2.24, 2.45) is 5.92 Å². The lowest BCUT2D eigenvalue weighted by atomic mass is 10.0. The van der Waals surface area contributed by atoms with Gasteiger partial charge in [-0.2, -0.15) is 0 Å². The molecular weight excluding hydrogens is 306 g/mol. The van der Waals surface area contributed by atoms with Crippen LogP contribution in [0.15, 0.2) is 34.9 Å². The molecule has 3 amide bonds. The Bertz CT molecular complexity index is 738. The third-order valence-corrected chi connectivity index (χ3v) is 4.22. The largest absolute Gasteiger partial charge is 0.464 e. The molecule has 1 aromatic heterocycles. The van der Waals surface area contributed by atoms with Gasteiger partial charge < -0.3 is 20.0 Å². The van der Waals surface area contributed by atoms with E-state index in [9.17, 15) is 9.59 Å². The Morgan fingerprint density at radius 1 is 1.42 bits per heavy atom. The van der Waals surface area contributed by atoms with E-state index in [0.29, 0.717) is 31.1 Å². The van der Waals surface area contributed by atoms with E-state index in [4.69, 9.17) is 4.42 Å². The zero-order chi connectivity index (χ0) is 17.1. The Morgan fingerprint density at radius 3 is 3.04 bits per heavy atom. The minimum atomic E-state index is -0.431. The first kappa shape index (κ1) is 16.4. The van der Waals surface area contributed by atoms with Crippen molar-refractivity contribution in [2.75, 3.05) is 18.4 Å². The van der Waals surface area contributed by atoms with E-state index in [1.54, 1.807) is 17.2 Å². The fourth-order valence-electron chi connectivity index (χ4n) is 3.03. The predicted molar refractivity (Wildman–Crippen MR) is 92.8 cm³/mol. The molecule has 0 unspecified atom stereocenters. The van der Waals surface area contributed by atoms with Gasteiger partial charge >= 0.3 is 6.03 Å². The van der Waals surface area contributed by atoms with Crippen LogP contribution in [0.2, 0.25) is 0 Å². The summed E-state index contributed by atoms with van der Waals surface area (Å²) < 4.78 is 5.37. The van der Waals surface area contributed by atoms with Crippen LogP contribution in [-0.4, -0.2) is 36.0 Å². The molecule has 2 aromatic rings. The summed E-state index contributed by atoms with van der Waals surface area (Å²) in [7, 11) is 0. The summed E-state index contributed by atoms with van der Waals surface area (Å²) >= 11 is 0. The van der Waals surface area contributed by atoms with E-state index in [-0.39, 0.29) is 11.9 Å². The molecule has 1 atom stereocenters. The summed E-state index contributed by atoms with van der Waals surface area (Å²) in [4.78, 5) is 26.7. The molecule has 128 valence electrons. The molecule has 1 aliphatic heterocycles. The number of fused-ring (bicyclic) bond motifs is 1. The van der Waals surface area contributed by atoms with Crippen molar-refractivity contribution in [1.82, 2.24) is 10.2 Å². The molecule has 3 rings (SSSR count). The Kier molecular flexibility index (Phi) is 4.74. The van der Waals surface area contributed by atoms with Crippen LogP contribution in [0.3, 0.4) is 0 Å². The van der Waals surface area contributed by atoms with Crippen molar-refractivity contribution in [3.05, 3.63) is 30.5 Å². The smallest absolute Gasteiger partial charge is 0.322 e. The minimum absolute atomic E-state index is 0.0714. The number of rotatable bonds is 3. The van der Waals surface area contributed by atoms with Gasteiger partial charge in [0.25, 0.3) is 0 Å². The molecule has 0 radical (unpaired) electrons. The standard InChI is InChI=1S/C18H23N3O3/c1-12(2)10-15-17(22)19-7-3-8-21(15)18(23)20-14-5-4-13-6-9-24-16(13)11-14/h4-6,9,11-12,15H,3,7-8,10H2,1-2H3,(H,19,22)(H,20,23)/t15-/m1/s1. The maximum atomic E-state index is 12.7. The molecule has 0 spiro atoms. The van der Waals surface area contributed by atoms with Crippen molar-refractivity contribution in [1.29, 1.82) is 0 Å². The number of carbonyl (C=O) groups is 2. The first-order chi connectivity index (χ1) is 11.5. The van der Waals surface area contributed by atoms with Crippen LogP contribution in [0, 0.1) is 5.92 Å². The van der Waals surface area contributed by atoms with Gasteiger partial charge in [-0.3, -0.25) is 4.79 Å². The molecule has 0 aliphatic carbocycles. The number of carbonyl (C=O) groups excluding carboxylic acids is 2. The van der Waals surface area contributed by atoms with Crippen LogP contribution in [0.4, 0.5) is 10.5 Å². The van der Waals surface area contributed by atoms with E-state index in [2.05, 4.69) is 24.5 Å². The van der Waals surface area contributed by atoms with Gasteiger partial charge in [-0.1, -0.05) is 13.8 Å². The summed E-state index contributed by atoms with van der Waals surface area (Å²) in [5.41, 5.74) is 1.38.